The summed E-state index contributed by atoms with van der Waals surface area (Å²) in [6.07, 6.45) is 0.141. The SMILES string of the molecule is CC(=O)c1ccc(S(=O)(=O)NCCCN2CCOC2=O)cc1. The number of nitrogens with one attached hydrogen (secondary N) is 1. The maximum Gasteiger partial charge on any atom is 0.409 e. The van der Waals surface area contributed by atoms with Gasteiger partial charge in [-0.1, -0.05) is 12.1 Å². The van der Waals surface area contributed by atoms with Crippen LogP contribution in [0.5, 0.6) is 0 Å². The zero-order valence-electron chi connectivity index (χ0n) is 12.2. The number of carbonyl (C=O) groups is 2. The highest BCUT2D eigenvalue weighted by atomic mass is 32.2. The Labute approximate surface area is 129 Å². The van der Waals surface area contributed by atoms with Crippen LogP contribution in [-0.4, -0.2) is 51.4 Å². The van der Waals surface area contributed by atoms with Gasteiger partial charge in [-0.05, 0) is 25.5 Å². The Kier molecular flexibility index (Phi) is 5.15. The molecule has 0 aromatic heterocycles. The number of hydrogen-bond donors (Lipinski definition) is 1. The monoisotopic (exact) mass is 326 g/mol. The molecule has 1 aromatic carbocycles. The molecule has 7 nitrogen and oxygen atoms in total. The first-order valence-corrected chi connectivity index (χ1v) is 8.41. The van der Waals surface area contributed by atoms with Crippen molar-refractivity contribution in [2.24, 2.45) is 0 Å². The highest BCUT2D eigenvalue weighted by molar-refractivity contribution is 7.89. The van der Waals surface area contributed by atoms with E-state index in [0.717, 1.165) is 0 Å². The summed E-state index contributed by atoms with van der Waals surface area (Å²) < 4.78 is 31.4. The summed E-state index contributed by atoms with van der Waals surface area (Å²) in [6.45, 7) is 3.02. The molecule has 120 valence electrons. The molecule has 0 atom stereocenters. The van der Waals surface area contributed by atoms with Gasteiger partial charge in [0.25, 0.3) is 0 Å². The minimum atomic E-state index is -3.61. The molecule has 1 saturated heterocycles. The molecule has 0 unspecified atom stereocenters. The van der Waals surface area contributed by atoms with Gasteiger partial charge >= 0.3 is 6.09 Å². The number of amides is 1. The predicted octanol–water partition coefficient (Wildman–Crippen LogP) is 1.01. The van der Waals surface area contributed by atoms with Crippen molar-refractivity contribution >= 4 is 21.9 Å². The second-order valence-corrected chi connectivity index (χ2v) is 6.70. The maximum absolute atomic E-state index is 12.1. The quantitative estimate of drug-likeness (QED) is 0.596. The summed E-state index contributed by atoms with van der Waals surface area (Å²) in [5, 5.41) is 0. The Hall–Kier alpha value is -1.93. The number of ether oxygens (including phenoxy) is 1. The van der Waals surface area contributed by atoms with Gasteiger partial charge in [0.2, 0.25) is 10.0 Å². The predicted molar refractivity (Wildman–Crippen MR) is 79.2 cm³/mol. The van der Waals surface area contributed by atoms with E-state index in [4.69, 9.17) is 4.74 Å². The molecule has 22 heavy (non-hydrogen) atoms. The van der Waals surface area contributed by atoms with Gasteiger partial charge in [0.15, 0.2) is 5.78 Å². The van der Waals surface area contributed by atoms with Crippen molar-refractivity contribution in [1.29, 1.82) is 0 Å². The number of cyclic esters (lactones) is 1. The van der Waals surface area contributed by atoms with E-state index < -0.39 is 10.0 Å². The third kappa shape index (κ3) is 4.05. The molecule has 1 aliphatic rings. The molecular weight excluding hydrogens is 308 g/mol. The van der Waals surface area contributed by atoms with Crippen LogP contribution in [0.2, 0.25) is 0 Å². The van der Waals surface area contributed by atoms with Crippen LogP contribution < -0.4 is 4.72 Å². The molecule has 0 spiro atoms. The number of ketones is 1. The molecule has 0 saturated carbocycles. The van der Waals surface area contributed by atoms with Gasteiger partial charge in [0.1, 0.15) is 6.61 Å². The van der Waals surface area contributed by atoms with Crippen LogP contribution in [0.3, 0.4) is 0 Å². The number of rotatable bonds is 7. The molecule has 0 aliphatic carbocycles. The van der Waals surface area contributed by atoms with E-state index in [1.807, 2.05) is 0 Å². The highest BCUT2D eigenvalue weighted by Crippen LogP contribution is 2.11. The molecule has 1 aromatic rings. The normalized spacial score (nSPS) is 15.0. The van der Waals surface area contributed by atoms with E-state index in [2.05, 4.69) is 4.72 Å². The van der Waals surface area contributed by atoms with Gasteiger partial charge in [-0.2, -0.15) is 0 Å². The van der Waals surface area contributed by atoms with Crippen LogP contribution in [0.15, 0.2) is 29.2 Å². The Morgan fingerprint density at radius 3 is 2.55 bits per heavy atom. The fourth-order valence-corrected chi connectivity index (χ4v) is 3.13. The topological polar surface area (TPSA) is 92.8 Å². The smallest absolute Gasteiger partial charge is 0.409 e. The Bertz CT molecular complexity index is 654. The molecule has 0 radical (unpaired) electrons. The second kappa shape index (κ2) is 6.89. The molecule has 1 aliphatic heterocycles. The van der Waals surface area contributed by atoms with Gasteiger partial charge in [0, 0.05) is 18.7 Å². The molecule has 8 heteroatoms. The summed E-state index contributed by atoms with van der Waals surface area (Å²) in [6, 6.07) is 5.77. The van der Waals surface area contributed by atoms with E-state index in [1.54, 1.807) is 0 Å². The van der Waals surface area contributed by atoms with Crippen molar-refractivity contribution in [2.45, 2.75) is 18.2 Å². The molecule has 0 bridgehead atoms. The highest BCUT2D eigenvalue weighted by Gasteiger charge is 2.21. The van der Waals surface area contributed by atoms with Crippen molar-refractivity contribution in [3.05, 3.63) is 29.8 Å². The molecular formula is C14H18N2O5S. The van der Waals surface area contributed by atoms with Crippen molar-refractivity contribution in [1.82, 2.24) is 9.62 Å². The minimum absolute atomic E-state index is 0.109. The number of Topliss-reactive ketones (excluding diaryl/α,β-unsaturated/α-hetero) is 1. The third-order valence-electron chi connectivity index (χ3n) is 3.31. The van der Waals surface area contributed by atoms with Gasteiger partial charge in [0.05, 0.1) is 11.4 Å². The molecule has 1 fully saturated rings. The first kappa shape index (κ1) is 16.4. The number of carbonyl (C=O) groups excluding carboxylic acids is 2. The zero-order valence-corrected chi connectivity index (χ0v) is 13.1. The summed E-state index contributed by atoms with van der Waals surface area (Å²) in [4.78, 5) is 24.0. The van der Waals surface area contributed by atoms with Gasteiger partial charge in [-0.3, -0.25) is 4.79 Å². The first-order valence-electron chi connectivity index (χ1n) is 6.92. The summed E-state index contributed by atoms with van der Waals surface area (Å²) in [5.41, 5.74) is 0.464. The number of nitrogens with zero attached hydrogens (tertiary/aromatic N) is 1. The Balaban J connectivity index is 1.85. The maximum atomic E-state index is 12.1. The van der Waals surface area contributed by atoms with Crippen LogP contribution in [0.25, 0.3) is 0 Å². The van der Waals surface area contributed by atoms with Crippen molar-refractivity contribution in [3.63, 3.8) is 0 Å². The van der Waals surface area contributed by atoms with Crippen LogP contribution in [0.4, 0.5) is 4.79 Å². The van der Waals surface area contributed by atoms with Gasteiger partial charge in [-0.25, -0.2) is 17.9 Å². The zero-order chi connectivity index (χ0) is 16.2. The van der Waals surface area contributed by atoms with E-state index in [1.165, 1.54) is 36.1 Å². The lowest BCUT2D eigenvalue weighted by Gasteiger charge is -2.12. The van der Waals surface area contributed by atoms with E-state index in [9.17, 15) is 18.0 Å². The fourth-order valence-electron chi connectivity index (χ4n) is 2.06. The third-order valence-corrected chi connectivity index (χ3v) is 4.79. The van der Waals surface area contributed by atoms with Gasteiger partial charge < -0.3 is 9.64 Å². The molecule has 1 amide bonds. The van der Waals surface area contributed by atoms with Crippen LogP contribution in [-0.2, 0) is 14.8 Å². The molecule has 1 heterocycles. The fraction of sp³-hybridized carbons (Fsp3) is 0.429. The lowest BCUT2D eigenvalue weighted by atomic mass is 10.2. The average Bonchev–Trinajstić information content (AvgIpc) is 2.89. The first-order chi connectivity index (χ1) is 10.4. The molecule has 1 N–H and O–H groups in total. The van der Waals surface area contributed by atoms with Crippen molar-refractivity contribution in [2.75, 3.05) is 26.2 Å². The summed E-state index contributed by atoms with van der Waals surface area (Å²) >= 11 is 0. The van der Waals surface area contributed by atoms with Crippen molar-refractivity contribution < 1.29 is 22.7 Å². The standard InChI is InChI=1S/C14H18N2O5S/c1-11(17)12-3-5-13(6-4-12)22(19,20)15-7-2-8-16-9-10-21-14(16)18/h3-6,15H,2,7-10H2,1H3. The van der Waals surface area contributed by atoms with Gasteiger partial charge in [-0.15, -0.1) is 0 Å². The lowest BCUT2D eigenvalue weighted by molar-refractivity contribution is 0.101. The van der Waals surface area contributed by atoms with Crippen LogP contribution in [0, 0.1) is 0 Å². The number of benzene rings is 1. The van der Waals surface area contributed by atoms with E-state index in [0.29, 0.717) is 31.7 Å². The van der Waals surface area contributed by atoms with Crippen molar-refractivity contribution in [3.8, 4) is 0 Å². The summed E-state index contributed by atoms with van der Waals surface area (Å²) in [5.74, 6) is -0.116. The van der Waals surface area contributed by atoms with Crippen LogP contribution >= 0.6 is 0 Å². The average molecular weight is 326 g/mol. The second-order valence-electron chi connectivity index (χ2n) is 4.93. The van der Waals surface area contributed by atoms with E-state index >= 15 is 0 Å². The molecule has 2 rings (SSSR count). The largest absolute Gasteiger partial charge is 0.448 e. The minimum Gasteiger partial charge on any atom is -0.448 e. The Morgan fingerprint density at radius 2 is 2.00 bits per heavy atom. The van der Waals surface area contributed by atoms with E-state index in [-0.39, 0.29) is 23.3 Å². The lowest BCUT2D eigenvalue weighted by Crippen LogP contribution is -2.30. The summed E-state index contributed by atoms with van der Waals surface area (Å²) in [7, 11) is -3.61. The Morgan fingerprint density at radius 1 is 1.32 bits per heavy atom. The number of sulfonamides is 1. The number of hydrogen-bond acceptors (Lipinski definition) is 5. The van der Waals surface area contributed by atoms with Crippen LogP contribution in [0.1, 0.15) is 23.7 Å².